The van der Waals surface area contributed by atoms with Gasteiger partial charge in [0.2, 0.25) is 0 Å². The lowest BCUT2D eigenvalue weighted by molar-refractivity contribution is 0.0960. The van der Waals surface area contributed by atoms with Crippen LogP contribution in [0.3, 0.4) is 0 Å². The van der Waals surface area contributed by atoms with Crippen molar-refractivity contribution >= 4 is 5.91 Å². The third-order valence-electron chi connectivity index (χ3n) is 3.22. The van der Waals surface area contributed by atoms with Crippen LogP contribution in [-0.4, -0.2) is 10.5 Å². The minimum absolute atomic E-state index is 0.0276. The Kier molecular flexibility index (Phi) is 3.58. The summed E-state index contributed by atoms with van der Waals surface area (Å²) in [6.45, 7) is 6.92. The second-order valence-corrected chi connectivity index (χ2v) is 5.76. The molecule has 0 aliphatic heterocycles. The smallest absolute Gasteiger partial charge is 0.261 e. The van der Waals surface area contributed by atoms with Gasteiger partial charge in [-0.15, -0.1) is 0 Å². The van der Waals surface area contributed by atoms with Gasteiger partial charge in [-0.1, -0.05) is 32.9 Å². The fourth-order valence-electron chi connectivity index (χ4n) is 1.95. The van der Waals surface area contributed by atoms with Gasteiger partial charge < -0.3 is 5.73 Å². The average Bonchev–Trinajstić information content (AvgIpc) is 2.86. The molecule has 0 amide bonds. The minimum atomic E-state index is -0.0276. The SMILES string of the molecule is CC(C)(C)c1ccc(C(=O)n2ccc(CN)c2)cc1. The molecule has 0 atom stereocenters. The van der Waals surface area contributed by atoms with Crippen LogP contribution in [0.5, 0.6) is 0 Å². The number of hydrogen-bond donors (Lipinski definition) is 1. The van der Waals surface area contributed by atoms with Crippen LogP contribution in [0.15, 0.2) is 42.7 Å². The van der Waals surface area contributed by atoms with E-state index in [1.54, 1.807) is 17.0 Å². The highest BCUT2D eigenvalue weighted by Gasteiger charge is 2.14. The lowest BCUT2D eigenvalue weighted by Gasteiger charge is -2.19. The van der Waals surface area contributed by atoms with E-state index in [4.69, 9.17) is 5.73 Å². The summed E-state index contributed by atoms with van der Waals surface area (Å²) in [6, 6.07) is 9.65. The van der Waals surface area contributed by atoms with Crippen LogP contribution in [0.4, 0.5) is 0 Å². The zero-order valence-electron chi connectivity index (χ0n) is 11.7. The molecule has 19 heavy (non-hydrogen) atoms. The quantitative estimate of drug-likeness (QED) is 0.898. The van der Waals surface area contributed by atoms with E-state index in [9.17, 15) is 4.79 Å². The van der Waals surface area contributed by atoms with Crippen LogP contribution in [0.2, 0.25) is 0 Å². The zero-order chi connectivity index (χ0) is 14.0. The van der Waals surface area contributed by atoms with E-state index in [1.807, 2.05) is 30.3 Å². The van der Waals surface area contributed by atoms with E-state index in [-0.39, 0.29) is 11.3 Å². The van der Waals surface area contributed by atoms with Crippen molar-refractivity contribution in [3.8, 4) is 0 Å². The molecule has 0 aliphatic carbocycles. The van der Waals surface area contributed by atoms with Gasteiger partial charge in [0.05, 0.1) is 0 Å². The first-order valence-corrected chi connectivity index (χ1v) is 6.44. The van der Waals surface area contributed by atoms with Crippen molar-refractivity contribution in [1.82, 2.24) is 4.57 Å². The number of hydrogen-bond acceptors (Lipinski definition) is 2. The maximum atomic E-state index is 12.3. The first-order valence-electron chi connectivity index (χ1n) is 6.44. The molecule has 0 unspecified atom stereocenters. The Hall–Kier alpha value is -1.87. The van der Waals surface area contributed by atoms with Crippen LogP contribution in [0.1, 0.15) is 42.3 Å². The molecule has 2 N–H and O–H groups in total. The lowest BCUT2D eigenvalue weighted by atomic mass is 9.87. The van der Waals surface area contributed by atoms with Crippen molar-refractivity contribution in [3.63, 3.8) is 0 Å². The molecule has 0 saturated heterocycles. The van der Waals surface area contributed by atoms with E-state index in [1.165, 1.54) is 5.56 Å². The molecule has 0 aliphatic rings. The highest BCUT2D eigenvalue weighted by Crippen LogP contribution is 2.22. The summed E-state index contributed by atoms with van der Waals surface area (Å²) < 4.78 is 1.58. The maximum Gasteiger partial charge on any atom is 0.261 e. The number of nitrogens with two attached hydrogens (primary N) is 1. The number of carbonyl (C=O) groups excluding carboxylic acids is 1. The predicted molar refractivity (Wildman–Crippen MR) is 77.2 cm³/mol. The Labute approximate surface area is 114 Å². The molecule has 0 saturated carbocycles. The topological polar surface area (TPSA) is 48.0 Å². The Morgan fingerprint density at radius 2 is 1.79 bits per heavy atom. The van der Waals surface area contributed by atoms with Crippen molar-refractivity contribution in [2.24, 2.45) is 5.73 Å². The molecule has 2 aromatic rings. The normalized spacial score (nSPS) is 11.6. The van der Waals surface area contributed by atoms with Gasteiger partial charge >= 0.3 is 0 Å². The van der Waals surface area contributed by atoms with E-state index in [0.717, 1.165) is 5.56 Å². The van der Waals surface area contributed by atoms with Gasteiger partial charge in [0.15, 0.2) is 0 Å². The second kappa shape index (κ2) is 5.02. The number of carbonyl (C=O) groups is 1. The summed E-state index contributed by atoms with van der Waals surface area (Å²) >= 11 is 0. The Balaban J connectivity index is 2.25. The summed E-state index contributed by atoms with van der Waals surface area (Å²) in [6.07, 6.45) is 3.53. The van der Waals surface area contributed by atoms with Gasteiger partial charge in [0, 0.05) is 24.5 Å². The first-order chi connectivity index (χ1) is 8.91. The Bertz CT molecular complexity index is 574. The Morgan fingerprint density at radius 3 is 2.26 bits per heavy atom. The lowest BCUT2D eigenvalue weighted by Crippen LogP contribution is -2.13. The van der Waals surface area contributed by atoms with Crippen molar-refractivity contribution in [1.29, 1.82) is 0 Å². The van der Waals surface area contributed by atoms with Crippen LogP contribution in [-0.2, 0) is 12.0 Å². The highest BCUT2D eigenvalue weighted by atomic mass is 16.2. The van der Waals surface area contributed by atoms with Gasteiger partial charge in [0.1, 0.15) is 0 Å². The molecule has 0 radical (unpaired) electrons. The first kappa shape index (κ1) is 13.6. The Morgan fingerprint density at radius 1 is 1.16 bits per heavy atom. The molecule has 1 aromatic carbocycles. The fourth-order valence-corrected chi connectivity index (χ4v) is 1.95. The van der Waals surface area contributed by atoms with Crippen LogP contribution < -0.4 is 5.73 Å². The predicted octanol–water partition coefficient (Wildman–Crippen LogP) is 2.93. The molecule has 0 fully saturated rings. The van der Waals surface area contributed by atoms with Crippen LogP contribution >= 0.6 is 0 Å². The van der Waals surface area contributed by atoms with Gasteiger partial charge in [-0.25, -0.2) is 0 Å². The molecule has 1 heterocycles. The summed E-state index contributed by atoms with van der Waals surface area (Å²) in [5.74, 6) is -0.0276. The standard InChI is InChI=1S/C16H20N2O/c1-16(2,3)14-6-4-13(5-7-14)15(19)18-9-8-12(10-17)11-18/h4-9,11H,10,17H2,1-3H3. The maximum absolute atomic E-state index is 12.3. The van der Waals surface area contributed by atoms with Gasteiger partial charge in [-0.3, -0.25) is 9.36 Å². The number of benzene rings is 1. The van der Waals surface area contributed by atoms with Gasteiger partial charge in [-0.05, 0) is 34.7 Å². The zero-order valence-corrected chi connectivity index (χ0v) is 11.7. The second-order valence-electron chi connectivity index (χ2n) is 5.76. The summed E-state index contributed by atoms with van der Waals surface area (Å²) in [7, 11) is 0. The molecular weight excluding hydrogens is 236 g/mol. The molecule has 1 aromatic heterocycles. The molecule has 3 heteroatoms. The van der Waals surface area contributed by atoms with Crippen molar-refractivity contribution in [3.05, 3.63) is 59.4 Å². The number of rotatable bonds is 2. The third-order valence-corrected chi connectivity index (χ3v) is 3.22. The molecule has 0 bridgehead atoms. The summed E-state index contributed by atoms with van der Waals surface area (Å²) in [5.41, 5.74) is 8.51. The van der Waals surface area contributed by atoms with Crippen LogP contribution in [0, 0.1) is 0 Å². The van der Waals surface area contributed by atoms with E-state index in [0.29, 0.717) is 12.1 Å². The summed E-state index contributed by atoms with van der Waals surface area (Å²) in [5, 5.41) is 0. The van der Waals surface area contributed by atoms with Crippen LogP contribution in [0.25, 0.3) is 0 Å². The third kappa shape index (κ3) is 2.93. The van der Waals surface area contributed by atoms with Gasteiger partial charge in [0.25, 0.3) is 5.91 Å². The van der Waals surface area contributed by atoms with E-state index >= 15 is 0 Å². The summed E-state index contributed by atoms with van der Waals surface area (Å²) in [4.78, 5) is 12.3. The molecule has 0 spiro atoms. The number of nitrogens with zero attached hydrogens (tertiary/aromatic N) is 1. The van der Waals surface area contributed by atoms with Crippen molar-refractivity contribution in [2.75, 3.05) is 0 Å². The minimum Gasteiger partial charge on any atom is -0.326 e. The van der Waals surface area contributed by atoms with E-state index < -0.39 is 0 Å². The average molecular weight is 256 g/mol. The van der Waals surface area contributed by atoms with Crippen molar-refractivity contribution < 1.29 is 4.79 Å². The molecular formula is C16H20N2O. The molecule has 3 nitrogen and oxygen atoms in total. The van der Waals surface area contributed by atoms with Gasteiger partial charge in [-0.2, -0.15) is 0 Å². The highest BCUT2D eigenvalue weighted by molar-refractivity contribution is 5.96. The van der Waals surface area contributed by atoms with E-state index in [2.05, 4.69) is 20.8 Å². The monoisotopic (exact) mass is 256 g/mol. The molecule has 100 valence electrons. The van der Waals surface area contributed by atoms with Crippen molar-refractivity contribution in [2.45, 2.75) is 32.7 Å². The fraction of sp³-hybridized carbons (Fsp3) is 0.312. The number of aromatic nitrogens is 1. The largest absolute Gasteiger partial charge is 0.326 e. The molecule has 2 rings (SSSR count).